The molecule has 11 nitrogen and oxygen atoms in total. The number of para-hydroxylation sites is 2. The normalized spacial score (nSPS) is 11.5. The van der Waals surface area contributed by atoms with Crippen LogP contribution in [0, 0.1) is 6.92 Å². The van der Waals surface area contributed by atoms with Crippen LogP contribution < -0.4 is 24.4 Å². The van der Waals surface area contributed by atoms with Gasteiger partial charge in [-0.2, -0.15) is 0 Å². The van der Waals surface area contributed by atoms with Crippen molar-refractivity contribution in [2.24, 2.45) is 0 Å². The van der Waals surface area contributed by atoms with Crippen LogP contribution in [0.1, 0.15) is 16.1 Å². The number of pyridine rings is 1. The number of nitrogens with zero attached hydrogens (tertiary/aromatic N) is 4. The lowest BCUT2D eigenvalue weighted by molar-refractivity contribution is 0.102. The van der Waals surface area contributed by atoms with Crippen molar-refractivity contribution in [2.45, 2.75) is 6.92 Å². The van der Waals surface area contributed by atoms with E-state index < -0.39 is 11.3 Å². The number of anilines is 5. The molecule has 2 heterocycles. The summed E-state index contributed by atoms with van der Waals surface area (Å²) < 4.78 is 35.2. The zero-order valence-corrected chi connectivity index (χ0v) is 23.2. The Hall–Kier alpha value is -5.07. The molecule has 0 saturated heterocycles. The number of rotatable bonds is 9. The summed E-state index contributed by atoms with van der Waals surface area (Å²) in [5.41, 5.74) is 3.35. The molecule has 1 amide bonds. The third kappa shape index (κ3) is 6.08. The predicted molar refractivity (Wildman–Crippen MR) is 159 cm³/mol. The van der Waals surface area contributed by atoms with E-state index in [1.165, 1.54) is 14.2 Å². The number of hydrogen-bond donors (Lipinski definition) is 3. The zero-order valence-electron chi connectivity index (χ0n) is 22.4. The van der Waals surface area contributed by atoms with Crippen LogP contribution in [0.25, 0.3) is 11.0 Å². The van der Waals surface area contributed by atoms with Gasteiger partial charge >= 0.3 is 0 Å². The van der Waals surface area contributed by atoms with Crippen LogP contribution in [0.2, 0.25) is 0 Å². The molecule has 12 heteroatoms. The smallest absolute Gasteiger partial charge is 0.268 e. The topological polar surface area (TPSA) is 139 Å². The van der Waals surface area contributed by atoms with E-state index in [4.69, 9.17) is 19.4 Å². The Morgan fingerprint density at radius 3 is 2.24 bits per heavy atom. The number of aryl methyl sites for hydroxylation is 1. The van der Waals surface area contributed by atoms with Crippen LogP contribution in [0.4, 0.5) is 28.7 Å². The summed E-state index contributed by atoms with van der Waals surface area (Å²) in [7, 11) is 3.08. The van der Waals surface area contributed by atoms with Crippen molar-refractivity contribution in [3.8, 4) is 11.5 Å². The molecule has 0 spiro atoms. The summed E-state index contributed by atoms with van der Waals surface area (Å²) in [6, 6.07) is 22.3. The largest absolute Gasteiger partial charge is 0.497 e. The van der Waals surface area contributed by atoms with E-state index in [0.29, 0.717) is 50.9 Å². The lowest BCUT2D eigenvalue weighted by Gasteiger charge is -2.23. The van der Waals surface area contributed by atoms with Crippen LogP contribution in [0.15, 0.2) is 85.1 Å². The van der Waals surface area contributed by atoms with Crippen molar-refractivity contribution < 1.29 is 23.0 Å². The first-order valence-electron chi connectivity index (χ1n) is 12.4. The fourth-order valence-electron chi connectivity index (χ4n) is 4.15. The fourth-order valence-corrected chi connectivity index (χ4v) is 4.72. The standard InChI is InChI=1S/C29H26N6O5S/c1-18-24(10-7-13-30-18)29(36)32-19-8-6-9-21(14-19)35(41(37)38)28-27(33-25-11-4-5-12-26(25)34-28)31-20-15-22(39-2)17-23(16-20)40-3/h4-17H,1-3H3,(H,31,33)(H,32,36)(H,37,38). The highest BCUT2D eigenvalue weighted by Gasteiger charge is 2.24. The molecule has 1 atom stereocenters. The van der Waals surface area contributed by atoms with Crippen molar-refractivity contribution in [1.29, 1.82) is 0 Å². The number of benzene rings is 3. The van der Waals surface area contributed by atoms with Gasteiger partial charge in [0.15, 0.2) is 11.6 Å². The number of hydrogen-bond acceptors (Lipinski definition) is 8. The molecule has 5 rings (SSSR count). The molecule has 208 valence electrons. The average molecular weight is 571 g/mol. The molecule has 5 aromatic rings. The van der Waals surface area contributed by atoms with E-state index in [9.17, 15) is 13.6 Å². The van der Waals surface area contributed by atoms with Gasteiger partial charge in [-0.1, -0.05) is 18.2 Å². The van der Waals surface area contributed by atoms with E-state index in [1.807, 2.05) is 6.07 Å². The number of methoxy groups -OCH3 is 2. The third-order valence-electron chi connectivity index (χ3n) is 6.10. The Morgan fingerprint density at radius 2 is 1.59 bits per heavy atom. The first-order chi connectivity index (χ1) is 19.9. The summed E-state index contributed by atoms with van der Waals surface area (Å²) in [6.07, 6.45) is 1.61. The Morgan fingerprint density at radius 1 is 0.878 bits per heavy atom. The van der Waals surface area contributed by atoms with Crippen molar-refractivity contribution in [3.05, 3.63) is 96.3 Å². The maximum Gasteiger partial charge on any atom is 0.268 e. The number of carbonyl (C=O) groups is 1. The molecular formula is C29H26N6O5S. The van der Waals surface area contributed by atoms with E-state index >= 15 is 0 Å². The number of amides is 1. The summed E-state index contributed by atoms with van der Waals surface area (Å²) in [5, 5.41) is 6.02. The van der Waals surface area contributed by atoms with Gasteiger partial charge in [0, 0.05) is 41.5 Å². The van der Waals surface area contributed by atoms with E-state index in [1.54, 1.807) is 85.9 Å². The van der Waals surface area contributed by atoms with Gasteiger partial charge in [-0.25, -0.2) is 18.5 Å². The Labute approximate surface area is 238 Å². The van der Waals surface area contributed by atoms with Crippen molar-refractivity contribution in [2.75, 3.05) is 29.2 Å². The maximum absolute atomic E-state index is 12.9. The number of nitrogens with one attached hydrogen (secondary N) is 2. The number of carbonyl (C=O) groups excluding carboxylic acids is 1. The van der Waals surface area contributed by atoms with Crippen LogP contribution in [-0.2, 0) is 11.3 Å². The number of aromatic nitrogens is 3. The maximum atomic E-state index is 12.9. The van der Waals surface area contributed by atoms with Crippen molar-refractivity contribution in [3.63, 3.8) is 0 Å². The molecule has 0 aliphatic heterocycles. The minimum absolute atomic E-state index is 0.0814. The van der Waals surface area contributed by atoms with Gasteiger partial charge in [0.2, 0.25) is 0 Å². The van der Waals surface area contributed by atoms with Gasteiger partial charge in [-0.05, 0) is 49.4 Å². The Kier molecular flexibility index (Phi) is 8.04. The molecule has 41 heavy (non-hydrogen) atoms. The first kappa shape index (κ1) is 27.5. The first-order valence-corrected chi connectivity index (χ1v) is 13.4. The Bertz CT molecular complexity index is 1740. The molecule has 2 aromatic heterocycles. The second-order valence-corrected chi connectivity index (χ2v) is 9.60. The van der Waals surface area contributed by atoms with E-state index in [-0.39, 0.29) is 17.5 Å². The number of ether oxygens (including phenoxy) is 2. The van der Waals surface area contributed by atoms with Crippen LogP contribution >= 0.6 is 0 Å². The summed E-state index contributed by atoms with van der Waals surface area (Å²) in [6.45, 7) is 1.74. The zero-order chi connectivity index (χ0) is 28.9. The second kappa shape index (κ2) is 12.0. The highest BCUT2D eigenvalue weighted by molar-refractivity contribution is 7.81. The molecule has 0 aliphatic carbocycles. The molecule has 0 bridgehead atoms. The Balaban J connectivity index is 1.58. The van der Waals surface area contributed by atoms with Gasteiger partial charge < -0.3 is 20.1 Å². The summed E-state index contributed by atoms with van der Waals surface area (Å²) in [4.78, 5) is 26.5. The summed E-state index contributed by atoms with van der Waals surface area (Å²) >= 11 is -2.57. The minimum Gasteiger partial charge on any atom is -0.497 e. The number of fused-ring (bicyclic) bond motifs is 1. The van der Waals surface area contributed by atoms with Crippen LogP contribution in [0.3, 0.4) is 0 Å². The average Bonchev–Trinajstić information content (AvgIpc) is 2.97. The monoisotopic (exact) mass is 570 g/mol. The van der Waals surface area contributed by atoms with E-state index in [0.717, 1.165) is 4.31 Å². The van der Waals surface area contributed by atoms with Gasteiger partial charge in [-0.3, -0.25) is 14.3 Å². The molecule has 3 N–H and O–H groups in total. The van der Waals surface area contributed by atoms with Gasteiger partial charge in [0.25, 0.3) is 17.2 Å². The predicted octanol–water partition coefficient (Wildman–Crippen LogP) is 5.62. The van der Waals surface area contributed by atoms with Crippen molar-refractivity contribution >= 4 is 56.9 Å². The van der Waals surface area contributed by atoms with Gasteiger partial charge in [-0.15, -0.1) is 0 Å². The molecule has 0 saturated carbocycles. The molecule has 3 aromatic carbocycles. The quantitative estimate of drug-likeness (QED) is 0.193. The second-order valence-electron chi connectivity index (χ2n) is 8.78. The molecular weight excluding hydrogens is 544 g/mol. The highest BCUT2D eigenvalue weighted by atomic mass is 32.2. The van der Waals surface area contributed by atoms with Gasteiger partial charge in [0.1, 0.15) is 11.5 Å². The molecule has 0 fully saturated rings. The molecule has 1 unspecified atom stereocenters. The third-order valence-corrected chi connectivity index (χ3v) is 6.80. The van der Waals surface area contributed by atoms with E-state index in [2.05, 4.69) is 15.6 Å². The van der Waals surface area contributed by atoms with Gasteiger partial charge in [0.05, 0.1) is 36.5 Å². The highest BCUT2D eigenvalue weighted by Crippen LogP contribution is 2.36. The van der Waals surface area contributed by atoms with Crippen LogP contribution in [-0.4, -0.2) is 43.8 Å². The van der Waals surface area contributed by atoms with Crippen molar-refractivity contribution in [1.82, 2.24) is 15.0 Å². The summed E-state index contributed by atoms with van der Waals surface area (Å²) in [5.74, 6) is 1.01. The van der Waals surface area contributed by atoms with Crippen LogP contribution in [0.5, 0.6) is 11.5 Å². The SMILES string of the molecule is COc1cc(Nc2nc3ccccc3nc2N(c2cccc(NC(=O)c3cccnc3C)c2)S(=O)O)cc(OC)c1. The lowest BCUT2D eigenvalue weighted by atomic mass is 10.2. The fraction of sp³-hybridized carbons (Fsp3) is 0.103. The molecule has 0 radical (unpaired) electrons. The lowest BCUT2D eigenvalue weighted by Crippen LogP contribution is -2.22. The minimum atomic E-state index is -2.57. The molecule has 0 aliphatic rings.